The van der Waals surface area contributed by atoms with Crippen molar-refractivity contribution in [1.29, 1.82) is 0 Å². The molecule has 0 spiro atoms. The monoisotopic (exact) mass is 409 g/mol. The van der Waals surface area contributed by atoms with Gasteiger partial charge in [-0.1, -0.05) is 35.9 Å². The number of halogens is 1. The predicted octanol–water partition coefficient (Wildman–Crippen LogP) is 2.70. The number of hydrogen-bond acceptors (Lipinski definition) is 5. The van der Waals surface area contributed by atoms with Crippen molar-refractivity contribution in [3.8, 4) is 0 Å². The van der Waals surface area contributed by atoms with E-state index >= 15 is 0 Å². The van der Waals surface area contributed by atoms with Crippen LogP contribution >= 0.6 is 11.6 Å². The highest BCUT2D eigenvalue weighted by molar-refractivity contribution is 7.89. The van der Waals surface area contributed by atoms with Gasteiger partial charge in [0.05, 0.1) is 11.3 Å². The Hall–Kier alpha value is -2.38. The maximum absolute atomic E-state index is 12.1. The first kappa shape index (κ1) is 20.9. The number of rotatable bonds is 7. The number of likely N-dealkylation sites (N-methyl/N-ethyl adjacent to an activating group) is 1. The standard InChI is InChI=1S/C19H20ClNO5S/c1-21(11-14-5-9-17(20)10-6-14)18(22)12-26-19(23)16-7-3-15(4-8-16)13-27(2,24)25/h3-10H,11-13H2,1-2H3. The highest BCUT2D eigenvalue weighted by Crippen LogP contribution is 2.12. The lowest BCUT2D eigenvalue weighted by Gasteiger charge is -2.17. The van der Waals surface area contributed by atoms with Crippen molar-refractivity contribution in [2.45, 2.75) is 12.3 Å². The third kappa shape index (κ3) is 7.03. The van der Waals surface area contributed by atoms with Gasteiger partial charge >= 0.3 is 5.97 Å². The SMILES string of the molecule is CN(Cc1ccc(Cl)cc1)C(=O)COC(=O)c1ccc(CS(C)(=O)=O)cc1. The lowest BCUT2D eigenvalue weighted by Crippen LogP contribution is -2.30. The van der Waals surface area contributed by atoms with Crippen LogP contribution in [0.3, 0.4) is 0 Å². The van der Waals surface area contributed by atoms with E-state index < -0.39 is 15.8 Å². The second-order valence-electron chi connectivity index (χ2n) is 6.22. The summed E-state index contributed by atoms with van der Waals surface area (Å²) in [6.45, 7) is -0.0121. The zero-order valence-electron chi connectivity index (χ0n) is 15.0. The summed E-state index contributed by atoms with van der Waals surface area (Å²) in [6.07, 6.45) is 1.14. The van der Waals surface area contributed by atoms with E-state index in [1.807, 2.05) is 12.1 Å². The Labute approximate surface area is 163 Å². The van der Waals surface area contributed by atoms with Gasteiger partial charge in [0.15, 0.2) is 16.4 Å². The van der Waals surface area contributed by atoms with Gasteiger partial charge in [-0.05, 0) is 35.4 Å². The smallest absolute Gasteiger partial charge is 0.338 e. The molecule has 0 atom stereocenters. The lowest BCUT2D eigenvalue weighted by atomic mass is 10.1. The van der Waals surface area contributed by atoms with Gasteiger partial charge in [-0.15, -0.1) is 0 Å². The molecule has 8 heteroatoms. The fraction of sp³-hybridized carbons (Fsp3) is 0.263. The van der Waals surface area contributed by atoms with Crippen LogP contribution in [0.25, 0.3) is 0 Å². The van der Waals surface area contributed by atoms with Crippen LogP contribution in [0, 0.1) is 0 Å². The number of esters is 1. The van der Waals surface area contributed by atoms with Crippen molar-refractivity contribution in [2.24, 2.45) is 0 Å². The molecule has 0 saturated carbocycles. The largest absolute Gasteiger partial charge is 0.452 e. The molecule has 0 aliphatic rings. The van der Waals surface area contributed by atoms with Crippen LogP contribution in [0.2, 0.25) is 5.02 Å². The number of ether oxygens (including phenoxy) is 1. The van der Waals surface area contributed by atoms with E-state index in [0.717, 1.165) is 11.8 Å². The van der Waals surface area contributed by atoms with Crippen molar-refractivity contribution in [3.63, 3.8) is 0 Å². The number of nitrogens with zero attached hydrogens (tertiary/aromatic N) is 1. The fourth-order valence-electron chi connectivity index (χ4n) is 2.31. The van der Waals surface area contributed by atoms with Crippen LogP contribution in [0.5, 0.6) is 0 Å². The molecule has 2 rings (SSSR count). The van der Waals surface area contributed by atoms with Gasteiger partial charge in [-0.2, -0.15) is 0 Å². The summed E-state index contributed by atoms with van der Waals surface area (Å²) in [4.78, 5) is 25.6. The summed E-state index contributed by atoms with van der Waals surface area (Å²) in [5.74, 6) is -1.09. The molecule has 0 radical (unpaired) electrons. The third-order valence-electron chi connectivity index (χ3n) is 3.70. The number of sulfone groups is 1. The maximum atomic E-state index is 12.1. The molecule has 27 heavy (non-hydrogen) atoms. The zero-order chi connectivity index (χ0) is 20.0. The van der Waals surface area contributed by atoms with Gasteiger partial charge in [0.25, 0.3) is 5.91 Å². The van der Waals surface area contributed by atoms with E-state index in [-0.39, 0.29) is 23.8 Å². The fourth-order valence-corrected chi connectivity index (χ4v) is 3.24. The minimum absolute atomic E-state index is 0.101. The van der Waals surface area contributed by atoms with Gasteiger partial charge in [0.1, 0.15) is 0 Å². The van der Waals surface area contributed by atoms with Crippen LogP contribution in [-0.4, -0.2) is 45.1 Å². The third-order valence-corrected chi connectivity index (χ3v) is 4.81. The molecule has 0 fully saturated rings. The quantitative estimate of drug-likeness (QED) is 0.657. The van der Waals surface area contributed by atoms with Gasteiger partial charge in [-0.3, -0.25) is 4.79 Å². The molecule has 0 aliphatic carbocycles. The Morgan fingerprint density at radius 2 is 1.56 bits per heavy atom. The van der Waals surface area contributed by atoms with E-state index in [2.05, 4.69) is 0 Å². The molecule has 0 unspecified atom stereocenters. The Morgan fingerprint density at radius 1 is 1.00 bits per heavy atom. The highest BCUT2D eigenvalue weighted by atomic mass is 35.5. The van der Waals surface area contributed by atoms with E-state index in [0.29, 0.717) is 17.1 Å². The molecular formula is C19H20ClNO5S. The first-order chi connectivity index (χ1) is 12.6. The van der Waals surface area contributed by atoms with Crippen LogP contribution in [0.4, 0.5) is 0 Å². The van der Waals surface area contributed by atoms with Crippen LogP contribution in [0.1, 0.15) is 21.5 Å². The number of amides is 1. The number of benzene rings is 2. The molecule has 2 aromatic rings. The number of hydrogen-bond donors (Lipinski definition) is 0. The average molecular weight is 410 g/mol. The Bertz CT molecular complexity index is 908. The Balaban J connectivity index is 1.86. The van der Waals surface area contributed by atoms with Crippen LogP contribution in [-0.2, 0) is 31.7 Å². The zero-order valence-corrected chi connectivity index (χ0v) is 16.6. The van der Waals surface area contributed by atoms with Gasteiger partial charge in [0, 0.05) is 24.9 Å². The summed E-state index contributed by atoms with van der Waals surface area (Å²) >= 11 is 5.83. The molecule has 0 heterocycles. The average Bonchev–Trinajstić information content (AvgIpc) is 2.60. The highest BCUT2D eigenvalue weighted by Gasteiger charge is 2.14. The lowest BCUT2D eigenvalue weighted by molar-refractivity contribution is -0.133. The van der Waals surface area contributed by atoms with Crippen molar-refractivity contribution < 1.29 is 22.7 Å². The molecule has 0 N–H and O–H groups in total. The molecule has 6 nitrogen and oxygen atoms in total. The van der Waals surface area contributed by atoms with Crippen molar-refractivity contribution in [1.82, 2.24) is 4.90 Å². The number of carbonyl (C=O) groups is 2. The minimum Gasteiger partial charge on any atom is -0.452 e. The maximum Gasteiger partial charge on any atom is 0.338 e. The molecule has 1 amide bonds. The van der Waals surface area contributed by atoms with Gasteiger partial charge in [0.2, 0.25) is 0 Å². The Morgan fingerprint density at radius 3 is 2.11 bits per heavy atom. The normalized spacial score (nSPS) is 11.1. The van der Waals surface area contributed by atoms with Crippen molar-refractivity contribution >= 4 is 33.3 Å². The molecule has 0 bridgehead atoms. The second kappa shape index (κ2) is 9.01. The first-order valence-electron chi connectivity index (χ1n) is 8.06. The summed E-state index contributed by atoms with van der Waals surface area (Å²) in [6, 6.07) is 13.2. The second-order valence-corrected chi connectivity index (χ2v) is 8.80. The molecule has 144 valence electrons. The van der Waals surface area contributed by atoms with Gasteiger partial charge in [-0.25, -0.2) is 13.2 Å². The summed E-state index contributed by atoms with van der Waals surface area (Å²) < 4.78 is 27.6. The van der Waals surface area contributed by atoms with E-state index in [4.69, 9.17) is 16.3 Å². The van der Waals surface area contributed by atoms with Gasteiger partial charge < -0.3 is 9.64 Å². The molecule has 0 saturated heterocycles. The number of carbonyl (C=O) groups excluding carboxylic acids is 2. The molecule has 2 aromatic carbocycles. The van der Waals surface area contributed by atoms with E-state index in [9.17, 15) is 18.0 Å². The molecular weight excluding hydrogens is 390 g/mol. The first-order valence-corrected chi connectivity index (χ1v) is 10.5. The van der Waals surface area contributed by atoms with Crippen molar-refractivity contribution in [3.05, 3.63) is 70.2 Å². The summed E-state index contributed by atoms with van der Waals surface area (Å²) in [5, 5.41) is 0.615. The predicted molar refractivity (Wildman–Crippen MR) is 103 cm³/mol. The Kier molecular flexibility index (Phi) is 6.98. The summed E-state index contributed by atoms with van der Waals surface area (Å²) in [5.41, 5.74) is 1.73. The van der Waals surface area contributed by atoms with Crippen molar-refractivity contribution in [2.75, 3.05) is 19.9 Å². The van der Waals surface area contributed by atoms with E-state index in [1.165, 1.54) is 17.0 Å². The van der Waals surface area contributed by atoms with E-state index in [1.54, 1.807) is 31.3 Å². The minimum atomic E-state index is -3.14. The van der Waals surface area contributed by atoms with Crippen LogP contribution < -0.4 is 0 Å². The van der Waals surface area contributed by atoms with Crippen LogP contribution in [0.15, 0.2) is 48.5 Å². The topological polar surface area (TPSA) is 80.8 Å². The molecule has 0 aromatic heterocycles. The molecule has 0 aliphatic heterocycles. The summed E-state index contributed by atoms with van der Waals surface area (Å²) in [7, 11) is -1.53.